The van der Waals surface area contributed by atoms with Gasteiger partial charge in [-0.1, -0.05) is 12.1 Å². The van der Waals surface area contributed by atoms with Crippen LogP contribution in [0, 0.1) is 0 Å². The highest BCUT2D eigenvalue weighted by molar-refractivity contribution is 5.51. The van der Waals surface area contributed by atoms with Gasteiger partial charge in [-0.05, 0) is 30.7 Å². The van der Waals surface area contributed by atoms with Gasteiger partial charge in [0.15, 0.2) is 0 Å². The third-order valence-electron chi connectivity index (χ3n) is 2.49. The molecule has 0 unspecified atom stereocenters. The first kappa shape index (κ1) is 7.62. The number of hydrogen-bond donors (Lipinski definition) is 1. The largest absolute Gasteiger partial charge is 0.398 e. The van der Waals surface area contributed by atoms with Gasteiger partial charge in [0.1, 0.15) is 0 Å². The highest BCUT2D eigenvalue weighted by Crippen LogP contribution is 2.22. The third-order valence-corrected chi connectivity index (χ3v) is 2.49. The van der Waals surface area contributed by atoms with E-state index in [0.29, 0.717) is 0 Å². The predicted molar refractivity (Wildman–Crippen MR) is 50.9 cm³/mol. The Morgan fingerprint density at radius 3 is 3.08 bits per heavy atom. The van der Waals surface area contributed by atoms with E-state index in [4.69, 9.17) is 5.73 Å². The van der Waals surface area contributed by atoms with Crippen molar-refractivity contribution >= 4 is 5.69 Å². The number of likely N-dealkylation sites (N-methyl/N-ethyl adjacent to an activating group) is 1. The highest BCUT2D eigenvalue weighted by Gasteiger charge is 2.13. The van der Waals surface area contributed by atoms with E-state index in [1.165, 1.54) is 11.1 Å². The first-order valence-corrected chi connectivity index (χ1v) is 4.32. The van der Waals surface area contributed by atoms with Gasteiger partial charge in [0.25, 0.3) is 0 Å². The molecule has 12 heavy (non-hydrogen) atoms. The maximum absolute atomic E-state index is 5.87. The summed E-state index contributed by atoms with van der Waals surface area (Å²) < 4.78 is 0. The molecule has 1 aliphatic heterocycles. The van der Waals surface area contributed by atoms with Crippen molar-refractivity contribution < 1.29 is 0 Å². The smallest absolute Gasteiger partial charge is 0.0350 e. The maximum atomic E-state index is 5.87. The van der Waals surface area contributed by atoms with Gasteiger partial charge in [-0.25, -0.2) is 0 Å². The lowest BCUT2D eigenvalue weighted by atomic mass is 9.98. The van der Waals surface area contributed by atoms with Crippen LogP contribution in [0.1, 0.15) is 11.1 Å². The van der Waals surface area contributed by atoms with Gasteiger partial charge in [0.2, 0.25) is 0 Å². The van der Waals surface area contributed by atoms with Crippen LogP contribution in [0.15, 0.2) is 18.2 Å². The van der Waals surface area contributed by atoms with Crippen molar-refractivity contribution in [3.63, 3.8) is 0 Å². The van der Waals surface area contributed by atoms with Crippen molar-refractivity contribution in [3.8, 4) is 0 Å². The summed E-state index contributed by atoms with van der Waals surface area (Å²) in [4.78, 5) is 2.32. The second kappa shape index (κ2) is 2.79. The van der Waals surface area contributed by atoms with E-state index in [9.17, 15) is 0 Å². The minimum atomic E-state index is 0.959. The summed E-state index contributed by atoms with van der Waals surface area (Å²) in [6.07, 6.45) is 1.10. The Kier molecular flexibility index (Phi) is 1.77. The quantitative estimate of drug-likeness (QED) is 0.582. The van der Waals surface area contributed by atoms with E-state index >= 15 is 0 Å². The fourth-order valence-corrected chi connectivity index (χ4v) is 1.78. The molecule has 0 spiro atoms. The molecule has 0 bridgehead atoms. The second-order valence-electron chi connectivity index (χ2n) is 3.47. The number of nitrogens with zero attached hydrogens (tertiary/aromatic N) is 1. The summed E-state index contributed by atoms with van der Waals surface area (Å²) in [5.74, 6) is 0. The topological polar surface area (TPSA) is 29.3 Å². The van der Waals surface area contributed by atoms with Gasteiger partial charge in [0.05, 0.1) is 0 Å². The number of hydrogen-bond acceptors (Lipinski definition) is 2. The summed E-state index contributed by atoms with van der Waals surface area (Å²) in [5.41, 5.74) is 9.58. The first-order chi connectivity index (χ1) is 5.77. The van der Waals surface area contributed by atoms with E-state index in [1.54, 1.807) is 0 Å². The first-order valence-electron chi connectivity index (χ1n) is 4.32. The number of anilines is 1. The molecule has 1 aliphatic rings. The molecule has 2 rings (SSSR count). The third kappa shape index (κ3) is 1.18. The number of rotatable bonds is 0. The normalized spacial score (nSPS) is 17.4. The molecule has 0 saturated carbocycles. The van der Waals surface area contributed by atoms with Gasteiger partial charge in [0, 0.05) is 18.8 Å². The van der Waals surface area contributed by atoms with Crippen molar-refractivity contribution in [3.05, 3.63) is 29.3 Å². The summed E-state index contributed by atoms with van der Waals surface area (Å²) in [5, 5.41) is 0. The fraction of sp³-hybridized carbons (Fsp3) is 0.400. The van der Waals surface area contributed by atoms with Crippen molar-refractivity contribution in [2.24, 2.45) is 0 Å². The SMILES string of the molecule is CN1CCc2c(N)cccc2C1. The average Bonchev–Trinajstić information content (AvgIpc) is 2.04. The number of benzene rings is 1. The van der Waals surface area contributed by atoms with Gasteiger partial charge in [-0.3, -0.25) is 0 Å². The van der Waals surface area contributed by atoms with E-state index < -0.39 is 0 Å². The Morgan fingerprint density at radius 2 is 2.25 bits per heavy atom. The summed E-state index contributed by atoms with van der Waals surface area (Å²) >= 11 is 0. The van der Waals surface area contributed by atoms with Crippen LogP contribution in [0.5, 0.6) is 0 Å². The Bertz CT molecular complexity index is 294. The van der Waals surface area contributed by atoms with Crippen molar-refractivity contribution in [2.75, 3.05) is 19.3 Å². The Balaban J connectivity index is 2.42. The van der Waals surface area contributed by atoms with Crippen LogP contribution >= 0.6 is 0 Å². The van der Waals surface area contributed by atoms with Gasteiger partial charge in [-0.2, -0.15) is 0 Å². The minimum Gasteiger partial charge on any atom is -0.398 e. The van der Waals surface area contributed by atoms with Crippen LogP contribution in [-0.4, -0.2) is 18.5 Å². The van der Waals surface area contributed by atoms with Crippen LogP contribution in [0.2, 0.25) is 0 Å². The molecule has 0 aliphatic carbocycles. The molecule has 0 atom stereocenters. The van der Waals surface area contributed by atoms with Crippen LogP contribution in [0.25, 0.3) is 0 Å². The van der Waals surface area contributed by atoms with Crippen LogP contribution in [0.3, 0.4) is 0 Å². The highest BCUT2D eigenvalue weighted by atomic mass is 15.1. The molecule has 0 radical (unpaired) electrons. The van der Waals surface area contributed by atoms with Crippen LogP contribution < -0.4 is 5.73 Å². The van der Waals surface area contributed by atoms with Crippen LogP contribution in [0.4, 0.5) is 5.69 Å². The molecule has 2 heteroatoms. The minimum absolute atomic E-state index is 0.959. The molecule has 1 aromatic carbocycles. The van der Waals surface area contributed by atoms with Gasteiger partial charge in [-0.15, -0.1) is 0 Å². The maximum Gasteiger partial charge on any atom is 0.0350 e. The molecular formula is C10H14N2. The molecule has 1 heterocycles. The molecule has 0 amide bonds. The van der Waals surface area contributed by atoms with Gasteiger partial charge >= 0.3 is 0 Å². The molecule has 0 fully saturated rings. The van der Waals surface area contributed by atoms with Gasteiger partial charge < -0.3 is 10.6 Å². The lowest BCUT2D eigenvalue weighted by Gasteiger charge is -2.25. The Morgan fingerprint density at radius 1 is 1.42 bits per heavy atom. The standard InChI is InChI=1S/C10H14N2/c1-12-6-5-9-8(7-12)3-2-4-10(9)11/h2-4H,5-7,11H2,1H3. The average molecular weight is 162 g/mol. The van der Waals surface area contributed by atoms with E-state index in [2.05, 4.69) is 18.0 Å². The Labute approximate surface area is 73.0 Å². The molecule has 2 N–H and O–H groups in total. The molecular weight excluding hydrogens is 148 g/mol. The summed E-state index contributed by atoms with van der Waals surface area (Å²) in [6.45, 7) is 2.17. The van der Waals surface area contributed by atoms with Crippen molar-refractivity contribution in [1.29, 1.82) is 0 Å². The molecule has 0 saturated heterocycles. The monoisotopic (exact) mass is 162 g/mol. The van der Waals surface area contributed by atoms with Crippen LogP contribution in [-0.2, 0) is 13.0 Å². The number of nitrogens with two attached hydrogens (primary N) is 1. The van der Waals surface area contributed by atoms with Crippen molar-refractivity contribution in [1.82, 2.24) is 4.90 Å². The lowest BCUT2D eigenvalue weighted by molar-refractivity contribution is 0.313. The molecule has 2 nitrogen and oxygen atoms in total. The van der Waals surface area contributed by atoms with Crippen molar-refractivity contribution in [2.45, 2.75) is 13.0 Å². The molecule has 64 valence electrons. The zero-order chi connectivity index (χ0) is 8.55. The second-order valence-corrected chi connectivity index (χ2v) is 3.47. The van der Waals surface area contributed by atoms with E-state index in [1.807, 2.05) is 12.1 Å². The number of nitrogen functional groups attached to an aromatic ring is 1. The molecule has 0 aromatic heterocycles. The molecule has 1 aromatic rings. The predicted octanol–water partition coefficient (Wildman–Crippen LogP) is 1.26. The summed E-state index contributed by atoms with van der Waals surface area (Å²) in [6, 6.07) is 6.19. The van der Waals surface area contributed by atoms with E-state index in [-0.39, 0.29) is 0 Å². The Hall–Kier alpha value is -1.02. The zero-order valence-corrected chi connectivity index (χ0v) is 7.38. The zero-order valence-electron chi connectivity index (χ0n) is 7.38. The lowest BCUT2D eigenvalue weighted by Crippen LogP contribution is -2.27. The fourth-order valence-electron chi connectivity index (χ4n) is 1.78. The number of fused-ring (bicyclic) bond motifs is 1. The summed E-state index contributed by atoms with van der Waals surface area (Å²) in [7, 11) is 2.14. The van der Waals surface area contributed by atoms with E-state index in [0.717, 1.165) is 25.2 Å².